The first kappa shape index (κ1) is 14.7. The third-order valence-corrected chi connectivity index (χ3v) is 3.05. The van der Waals surface area contributed by atoms with Crippen LogP contribution in [0.5, 0.6) is 0 Å². The second-order valence-corrected chi connectivity index (χ2v) is 5.01. The van der Waals surface area contributed by atoms with E-state index in [1.807, 2.05) is 31.2 Å². The summed E-state index contributed by atoms with van der Waals surface area (Å²) in [5, 5.41) is 0. The van der Waals surface area contributed by atoms with Crippen LogP contribution in [-0.4, -0.2) is 29.8 Å². The predicted molar refractivity (Wildman–Crippen MR) is 67.1 cm³/mol. The van der Waals surface area contributed by atoms with Crippen molar-refractivity contribution in [1.82, 2.24) is 4.90 Å². The van der Waals surface area contributed by atoms with Crippen LogP contribution in [0.15, 0.2) is 24.3 Å². The van der Waals surface area contributed by atoms with Gasteiger partial charge in [-0.2, -0.15) is 13.2 Å². The number of hydrogen-bond acceptors (Lipinski definition) is 2. The molecule has 0 spiro atoms. The number of rotatable bonds is 4. The fourth-order valence-electron chi connectivity index (χ4n) is 1.85. The molecule has 0 aliphatic heterocycles. The molecule has 110 valence electrons. The van der Waals surface area contributed by atoms with E-state index in [2.05, 4.69) is 4.74 Å². The van der Waals surface area contributed by atoms with E-state index in [-0.39, 0.29) is 12.6 Å². The maximum absolute atomic E-state index is 12.1. The predicted octanol–water partition coefficient (Wildman–Crippen LogP) is 3.66. The highest BCUT2D eigenvalue weighted by atomic mass is 19.4. The molecule has 1 aliphatic rings. The van der Waals surface area contributed by atoms with E-state index in [4.69, 9.17) is 0 Å². The molecule has 0 bridgehead atoms. The first-order valence-corrected chi connectivity index (χ1v) is 6.41. The Morgan fingerprint density at radius 3 is 2.40 bits per heavy atom. The Kier molecular flexibility index (Phi) is 4.20. The summed E-state index contributed by atoms with van der Waals surface area (Å²) in [5.74, 6) is 0. The summed E-state index contributed by atoms with van der Waals surface area (Å²) in [5.41, 5.74) is 1.97. The minimum atomic E-state index is -4.49. The Hall–Kier alpha value is -1.72. The molecule has 1 saturated carbocycles. The summed E-state index contributed by atoms with van der Waals surface area (Å²) in [6, 6.07) is 7.53. The Balaban J connectivity index is 1.96. The molecule has 0 N–H and O–H groups in total. The summed E-state index contributed by atoms with van der Waals surface area (Å²) in [6.07, 6.45) is -3.76. The van der Waals surface area contributed by atoms with E-state index in [0.717, 1.165) is 24.0 Å². The number of halogens is 3. The average molecular weight is 287 g/mol. The smallest absolute Gasteiger partial charge is 0.422 e. The zero-order valence-corrected chi connectivity index (χ0v) is 11.1. The van der Waals surface area contributed by atoms with Crippen molar-refractivity contribution < 1.29 is 22.7 Å². The highest BCUT2D eigenvalue weighted by Gasteiger charge is 2.36. The van der Waals surface area contributed by atoms with Gasteiger partial charge >= 0.3 is 12.3 Å². The standard InChI is InChI=1S/C14H16F3NO2/c1-10-2-4-11(5-3-10)8-18(12-6-7-12)13(19)20-9-14(15,16)17/h2-5,12H,6-9H2,1H3. The van der Waals surface area contributed by atoms with Gasteiger partial charge in [0.25, 0.3) is 0 Å². The van der Waals surface area contributed by atoms with Crippen LogP contribution in [0.3, 0.4) is 0 Å². The molecule has 20 heavy (non-hydrogen) atoms. The second kappa shape index (κ2) is 5.73. The molecular formula is C14H16F3NO2. The number of benzene rings is 1. The van der Waals surface area contributed by atoms with Crippen LogP contribution in [0, 0.1) is 6.92 Å². The molecule has 6 heteroatoms. The highest BCUT2D eigenvalue weighted by molar-refractivity contribution is 5.68. The number of alkyl halides is 3. The van der Waals surface area contributed by atoms with Crippen molar-refractivity contribution in [3.8, 4) is 0 Å². The second-order valence-electron chi connectivity index (χ2n) is 5.01. The van der Waals surface area contributed by atoms with E-state index in [1.165, 1.54) is 4.90 Å². The van der Waals surface area contributed by atoms with Crippen molar-refractivity contribution in [3.05, 3.63) is 35.4 Å². The fraction of sp³-hybridized carbons (Fsp3) is 0.500. The molecule has 0 saturated heterocycles. The van der Waals surface area contributed by atoms with E-state index in [1.54, 1.807) is 0 Å². The Labute approximate surface area is 115 Å². The molecule has 0 unspecified atom stereocenters. The number of nitrogens with zero attached hydrogens (tertiary/aromatic N) is 1. The lowest BCUT2D eigenvalue weighted by Gasteiger charge is -2.22. The molecule has 0 heterocycles. The number of amides is 1. The van der Waals surface area contributed by atoms with E-state index >= 15 is 0 Å². The summed E-state index contributed by atoms with van der Waals surface area (Å²) in [7, 11) is 0. The molecule has 2 rings (SSSR count). The minimum absolute atomic E-state index is 0.00274. The summed E-state index contributed by atoms with van der Waals surface area (Å²) in [6.45, 7) is 0.685. The van der Waals surface area contributed by atoms with Gasteiger partial charge in [0.15, 0.2) is 6.61 Å². The first-order chi connectivity index (χ1) is 9.35. The van der Waals surface area contributed by atoms with Crippen LogP contribution in [0.1, 0.15) is 24.0 Å². The third kappa shape index (κ3) is 4.43. The van der Waals surface area contributed by atoms with Crippen LogP contribution >= 0.6 is 0 Å². The Morgan fingerprint density at radius 2 is 1.90 bits per heavy atom. The van der Waals surface area contributed by atoms with Gasteiger partial charge in [0.05, 0.1) is 0 Å². The Morgan fingerprint density at radius 1 is 1.30 bits per heavy atom. The van der Waals surface area contributed by atoms with Crippen molar-refractivity contribution in [2.24, 2.45) is 0 Å². The topological polar surface area (TPSA) is 29.5 Å². The third-order valence-electron chi connectivity index (χ3n) is 3.05. The molecule has 0 atom stereocenters. The van der Waals surface area contributed by atoms with Crippen molar-refractivity contribution in [2.75, 3.05) is 6.61 Å². The summed E-state index contributed by atoms with van der Waals surface area (Å²) in [4.78, 5) is 13.1. The van der Waals surface area contributed by atoms with Crippen LogP contribution in [0.2, 0.25) is 0 Å². The largest absolute Gasteiger partial charge is 0.440 e. The van der Waals surface area contributed by atoms with Gasteiger partial charge in [-0.15, -0.1) is 0 Å². The first-order valence-electron chi connectivity index (χ1n) is 6.41. The number of carbonyl (C=O) groups excluding carboxylic acids is 1. The van der Waals surface area contributed by atoms with Crippen molar-refractivity contribution in [3.63, 3.8) is 0 Å². The molecule has 1 fully saturated rings. The summed E-state index contributed by atoms with van der Waals surface area (Å²) < 4.78 is 40.5. The van der Waals surface area contributed by atoms with E-state index in [0.29, 0.717) is 0 Å². The Bertz CT molecular complexity index is 466. The van der Waals surface area contributed by atoms with Crippen molar-refractivity contribution >= 4 is 6.09 Å². The van der Waals surface area contributed by atoms with Gasteiger partial charge in [-0.3, -0.25) is 0 Å². The van der Waals surface area contributed by atoms with Crippen molar-refractivity contribution in [2.45, 2.75) is 38.5 Å². The average Bonchev–Trinajstić information content (AvgIpc) is 3.18. The lowest BCUT2D eigenvalue weighted by molar-refractivity contribution is -0.162. The normalized spacial score (nSPS) is 15.0. The van der Waals surface area contributed by atoms with Gasteiger partial charge in [-0.1, -0.05) is 29.8 Å². The minimum Gasteiger partial charge on any atom is -0.440 e. The van der Waals surface area contributed by atoms with Gasteiger partial charge in [0.1, 0.15) is 0 Å². The monoisotopic (exact) mass is 287 g/mol. The van der Waals surface area contributed by atoms with Gasteiger partial charge in [-0.05, 0) is 25.3 Å². The van der Waals surface area contributed by atoms with Crippen molar-refractivity contribution in [1.29, 1.82) is 0 Å². The molecule has 1 aliphatic carbocycles. The summed E-state index contributed by atoms with van der Waals surface area (Å²) >= 11 is 0. The molecule has 0 aromatic heterocycles. The maximum atomic E-state index is 12.1. The van der Waals surface area contributed by atoms with Gasteiger partial charge in [-0.25, -0.2) is 4.79 Å². The van der Waals surface area contributed by atoms with Gasteiger partial charge in [0, 0.05) is 12.6 Å². The number of aryl methyl sites for hydroxylation is 1. The van der Waals surface area contributed by atoms with E-state index < -0.39 is 18.9 Å². The molecule has 1 aromatic carbocycles. The SMILES string of the molecule is Cc1ccc(CN(C(=O)OCC(F)(F)F)C2CC2)cc1. The molecule has 0 radical (unpaired) electrons. The lowest BCUT2D eigenvalue weighted by Crippen LogP contribution is -2.35. The lowest BCUT2D eigenvalue weighted by atomic mass is 10.1. The zero-order chi connectivity index (χ0) is 14.8. The zero-order valence-electron chi connectivity index (χ0n) is 11.1. The van der Waals surface area contributed by atoms with Gasteiger partial charge in [0.2, 0.25) is 0 Å². The number of hydrogen-bond donors (Lipinski definition) is 0. The van der Waals surface area contributed by atoms with Gasteiger partial charge < -0.3 is 9.64 Å². The highest BCUT2D eigenvalue weighted by Crippen LogP contribution is 2.29. The quantitative estimate of drug-likeness (QED) is 0.845. The number of ether oxygens (including phenoxy) is 1. The van der Waals surface area contributed by atoms with E-state index in [9.17, 15) is 18.0 Å². The van der Waals surface area contributed by atoms with Crippen LogP contribution in [-0.2, 0) is 11.3 Å². The fourth-order valence-corrected chi connectivity index (χ4v) is 1.85. The molecule has 1 amide bonds. The van der Waals surface area contributed by atoms with Crippen LogP contribution in [0.4, 0.5) is 18.0 Å². The number of carbonyl (C=O) groups is 1. The van der Waals surface area contributed by atoms with Crippen LogP contribution < -0.4 is 0 Å². The molecule has 3 nitrogen and oxygen atoms in total. The maximum Gasteiger partial charge on any atom is 0.422 e. The molecular weight excluding hydrogens is 271 g/mol. The van der Waals surface area contributed by atoms with Crippen LogP contribution in [0.25, 0.3) is 0 Å². The molecule has 1 aromatic rings.